The Balaban J connectivity index is 1.31. The minimum atomic E-state index is -0.952. The third-order valence-electron chi connectivity index (χ3n) is 10.8. The van der Waals surface area contributed by atoms with Crippen LogP contribution in [0.1, 0.15) is 105 Å². The van der Waals surface area contributed by atoms with Gasteiger partial charge in [-0.05, 0) is 143 Å². The van der Waals surface area contributed by atoms with Crippen LogP contribution in [0.25, 0.3) is 0 Å². The highest BCUT2D eigenvalue weighted by Crippen LogP contribution is 2.60. The highest BCUT2D eigenvalue weighted by atomic mass is 16.5. The molecule has 0 spiro atoms. The molecule has 264 valence electrons. The number of guanidine groups is 1. The van der Waals surface area contributed by atoms with Crippen molar-refractivity contribution in [3.8, 4) is 5.75 Å². The largest absolute Gasteiger partial charge is 0.508 e. The number of aryl methyl sites for hydroxylation is 2. The lowest BCUT2D eigenvalue weighted by Gasteiger charge is -2.56. The topological polar surface area (TPSA) is 231 Å². The van der Waals surface area contributed by atoms with E-state index < -0.39 is 24.0 Å². The van der Waals surface area contributed by atoms with Crippen molar-refractivity contribution in [3.05, 3.63) is 40.5 Å². The van der Waals surface area contributed by atoms with Gasteiger partial charge in [0.15, 0.2) is 11.8 Å². The molecule has 3 atom stereocenters. The molecule has 2 aromatic rings. The number of phenolic OH excluding ortho intramolecular Hbond substituents is 1. The van der Waals surface area contributed by atoms with Gasteiger partial charge in [0.25, 0.3) is 0 Å². The van der Waals surface area contributed by atoms with Crippen molar-refractivity contribution in [3.63, 3.8) is 0 Å². The summed E-state index contributed by atoms with van der Waals surface area (Å²) in [4.78, 5) is 32.2. The minimum absolute atomic E-state index is 0.140. The van der Waals surface area contributed by atoms with E-state index in [1.54, 1.807) is 12.1 Å². The van der Waals surface area contributed by atoms with Crippen molar-refractivity contribution in [2.75, 3.05) is 13.1 Å². The Labute approximate surface area is 283 Å². The third kappa shape index (κ3) is 9.04. The van der Waals surface area contributed by atoms with Crippen LogP contribution in [0.15, 0.2) is 16.7 Å². The minimum Gasteiger partial charge on any atom is -0.508 e. The van der Waals surface area contributed by atoms with Gasteiger partial charge in [-0.25, -0.2) is 0 Å². The second kappa shape index (κ2) is 15.7. The van der Waals surface area contributed by atoms with E-state index in [0.29, 0.717) is 44.1 Å². The average Bonchev–Trinajstić information content (AvgIpc) is 3.46. The first-order valence-corrected chi connectivity index (χ1v) is 17.7. The maximum atomic E-state index is 14.1. The Morgan fingerprint density at radius 2 is 1.67 bits per heavy atom. The van der Waals surface area contributed by atoms with Gasteiger partial charge in [0.2, 0.25) is 17.7 Å². The van der Waals surface area contributed by atoms with E-state index >= 15 is 0 Å². The number of aromatic nitrogens is 2. The molecule has 4 aliphatic carbocycles. The number of carbonyl (C=O) groups is 2. The van der Waals surface area contributed by atoms with E-state index in [1.165, 1.54) is 38.5 Å². The van der Waals surface area contributed by atoms with Crippen molar-refractivity contribution < 1.29 is 19.2 Å². The first-order chi connectivity index (χ1) is 22.9. The van der Waals surface area contributed by atoms with Crippen LogP contribution in [0, 0.1) is 42.4 Å². The second-order valence-electron chi connectivity index (χ2n) is 14.9. The summed E-state index contributed by atoms with van der Waals surface area (Å²) in [7, 11) is 0. The highest BCUT2D eigenvalue weighted by molar-refractivity contribution is 5.90. The van der Waals surface area contributed by atoms with E-state index in [9.17, 15) is 14.7 Å². The van der Waals surface area contributed by atoms with Crippen molar-refractivity contribution in [1.29, 1.82) is 5.41 Å². The van der Waals surface area contributed by atoms with Gasteiger partial charge in [0.1, 0.15) is 17.8 Å². The number of amides is 2. The van der Waals surface area contributed by atoms with Gasteiger partial charge in [-0.15, -0.1) is 0 Å². The predicted octanol–water partition coefficient (Wildman–Crippen LogP) is 2.76. The number of carbonyl (C=O) groups excluding carboxylic acids is 2. The van der Waals surface area contributed by atoms with Crippen LogP contribution in [0.2, 0.25) is 0 Å². The zero-order valence-electron chi connectivity index (χ0n) is 28.5. The summed E-state index contributed by atoms with van der Waals surface area (Å²) < 4.78 is 5.84. The molecule has 0 radical (unpaired) electrons. The fourth-order valence-corrected chi connectivity index (χ4v) is 9.01. The average molecular weight is 666 g/mol. The van der Waals surface area contributed by atoms with Gasteiger partial charge in [0, 0.05) is 19.4 Å². The number of unbranched alkanes of at least 4 members (excludes halogenated alkanes) is 1. The molecule has 4 fully saturated rings. The van der Waals surface area contributed by atoms with Crippen LogP contribution < -0.4 is 33.2 Å². The quantitative estimate of drug-likeness (QED) is 0.0699. The maximum Gasteiger partial charge on any atom is 0.249 e. The van der Waals surface area contributed by atoms with Gasteiger partial charge >= 0.3 is 0 Å². The van der Waals surface area contributed by atoms with Crippen LogP contribution in [0.3, 0.4) is 0 Å². The molecule has 11 N–H and O–H groups in total. The van der Waals surface area contributed by atoms with Gasteiger partial charge in [-0.2, -0.15) is 4.98 Å². The Morgan fingerprint density at radius 3 is 2.27 bits per heavy atom. The number of aromatic hydroxyl groups is 1. The van der Waals surface area contributed by atoms with E-state index in [1.807, 2.05) is 13.8 Å². The number of nitrogens with one attached hydrogen (secondary N) is 4. The fraction of sp³-hybridized carbons (Fsp3) is 0.686. The molecule has 4 aliphatic rings. The monoisotopic (exact) mass is 665 g/mol. The van der Waals surface area contributed by atoms with Crippen molar-refractivity contribution in [1.82, 2.24) is 26.1 Å². The molecule has 0 saturated heterocycles. The summed E-state index contributed by atoms with van der Waals surface area (Å²) in [5.74, 6) is 2.69. The number of phenols is 1. The summed E-state index contributed by atoms with van der Waals surface area (Å²) in [6, 6.07) is 0.930. The molecule has 13 heteroatoms. The van der Waals surface area contributed by atoms with Crippen LogP contribution in [0.5, 0.6) is 5.75 Å². The number of nitrogens with two attached hydrogens (primary N) is 3. The lowest BCUT2D eigenvalue weighted by molar-refractivity contribution is -0.130. The van der Waals surface area contributed by atoms with E-state index in [0.717, 1.165) is 53.7 Å². The van der Waals surface area contributed by atoms with Crippen molar-refractivity contribution >= 4 is 17.8 Å². The number of hydrogen-bond acceptors (Lipinski definition) is 9. The zero-order valence-corrected chi connectivity index (χ0v) is 28.5. The Morgan fingerprint density at radius 1 is 1.02 bits per heavy atom. The van der Waals surface area contributed by atoms with E-state index in [4.69, 9.17) is 32.1 Å². The van der Waals surface area contributed by atoms with Crippen LogP contribution >= 0.6 is 0 Å². The van der Waals surface area contributed by atoms with Crippen LogP contribution in [-0.4, -0.2) is 58.2 Å². The molecule has 6 rings (SSSR count). The predicted molar refractivity (Wildman–Crippen MR) is 183 cm³/mol. The van der Waals surface area contributed by atoms with Gasteiger partial charge in [-0.3, -0.25) is 15.0 Å². The number of benzene rings is 1. The molecule has 2 amide bonds. The SMILES string of the molecule is Cc1cc(O)cc(C)c1C[C@H](NC(=O)[C@H](N)CCCNC(=N)N)C(=O)N[C@@H](CCCCN)c1nc(CC23CC4CC(CC(C4)C2)C3)no1. The molecule has 1 heterocycles. The van der Waals surface area contributed by atoms with Gasteiger partial charge < -0.3 is 42.8 Å². The normalized spacial score (nSPS) is 24.5. The van der Waals surface area contributed by atoms with Crippen LogP contribution in [-0.2, 0) is 22.4 Å². The van der Waals surface area contributed by atoms with Crippen molar-refractivity contribution in [2.45, 2.75) is 115 Å². The summed E-state index contributed by atoms with van der Waals surface area (Å²) in [5.41, 5.74) is 20.1. The van der Waals surface area contributed by atoms with E-state index in [-0.39, 0.29) is 29.5 Å². The molecule has 4 bridgehead atoms. The molecule has 1 aromatic carbocycles. The molecule has 1 aromatic heterocycles. The lowest BCUT2D eigenvalue weighted by Crippen LogP contribution is -2.53. The summed E-state index contributed by atoms with van der Waals surface area (Å²) in [6.45, 7) is 4.67. The second-order valence-corrected chi connectivity index (χ2v) is 14.9. The molecule has 13 nitrogen and oxygen atoms in total. The van der Waals surface area contributed by atoms with Crippen LogP contribution in [0.4, 0.5) is 0 Å². The smallest absolute Gasteiger partial charge is 0.249 e. The lowest BCUT2D eigenvalue weighted by atomic mass is 9.49. The summed E-state index contributed by atoms with van der Waals surface area (Å²) >= 11 is 0. The Kier molecular flexibility index (Phi) is 11.6. The number of nitrogens with zero attached hydrogens (tertiary/aromatic N) is 2. The van der Waals surface area contributed by atoms with Crippen molar-refractivity contribution in [2.24, 2.45) is 40.4 Å². The number of hydrogen-bond donors (Lipinski definition) is 8. The third-order valence-corrected chi connectivity index (χ3v) is 10.8. The molecule has 0 unspecified atom stereocenters. The fourth-order valence-electron chi connectivity index (χ4n) is 9.01. The van der Waals surface area contributed by atoms with Gasteiger partial charge in [0.05, 0.1) is 6.04 Å². The summed E-state index contributed by atoms with van der Waals surface area (Å²) in [5, 5.41) is 30.5. The number of rotatable bonds is 17. The molecular weight excluding hydrogens is 610 g/mol. The highest BCUT2D eigenvalue weighted by Gasteiger charge is 2.51. The first-order valence-electron chi connectivity index (χ1n) is 17.7. The molecule has 4 saturated carbocycles. The maximum absolute atomic E-state index is 14.1. The Hall–Kier alpha value is -3.71. The standard InChI is InChI=1S/C35H55N9O4/c1-20-10-25(45)11-21(2)26(20)15-29(42-31(46)27(37)6-5-9-40-34(38)39)32(47)41-28(7-3-4-8-36)33-43-30(44-48-33)19-35-16-22-12-23(17-35)14-24(13-22)18-35/h10-11,22-24,27-29,45H,3-9,12-19,36-37H2,1-2H3,(H,41,47)(H,42,46)(H4,38,39,40)/t22?,23?,24?,27-,28+,29+,35?/m1/s1. The molecule has 48 heavy (non-hydrogen) atoms. The molecular formula is C35H55N9O4. The summed E-state index contributed by atoms with van der Waals surface area (Å²) in [6.07, 6.45) is 11.8. The first kappa shape index (κ1) is 35.6. The van der Waals surface area contributed by atoms with E-state index in [2.05, 4.69) is 21.1 Å². The Bertz CT molecular complexity index is 1380. The van der Waals surface area contributed by atoms with Gasteiger partial charge in [-0.1, -0.05) is 5.16 Å². The zero-order chi connectivity index (χ0) is 34.4. The molecule has 0 aliphatic heterocycles.